The molecule has 1 aromatic carbocycles. The van der Waals surface area contributed by atoms with E-state index in [1.54, 1.807) is 19.9 Å². The third-order valence-corrected chi connectivity index (χ3v) is 3.04. The number of benzene rings is 1. The third kappa shape index (κ3) is 3.19. The maximum atomic E-state index is 12.3. The van der Waals surface area contributed by atoms with Crippen molar-refractivity contribution in [3.05, 3.63) is 58.9 Å². The monoisotopic (exact) mass is 271 g/mol. The number of aryl methyl sites for hydroxylation is 2. The highest BCUT2D eigenvalue weighted by atomic mass is 16.3. The molecular weight excluding hydrogens is 254 g/mol. The van der Waals surface area contributed by atoms with Crippen LogP contribution in [-0.2, 0) is 0 Å². The summed E-state index contributed by atoms with van der Waals surface area (Å²) in [6.45, 7) is 3.36. The second-order valence-corrected chi connectivity index (χ2v) is 4.60. The summed E-state index contributed by atoms with van der Waals surface area (Å²) >= 11 is 0. The Morgan fingerprint density at radius 2 is 1.95 bits per heavy atom. The summed E-state index contributed by atoms with van der Waals surface area (Å²) in [5.41, 5.74) is 2.59. The lowest BCUT2D eigenvalue weighted by Gasteiger charge is -2.17. The zero-order valence-corrected chi connectivity index (χ0v) is 11.5. The van der Waals surface area contributed by atoms with E-state index in [1.165, 1.54) is 0 Å². The normalized spacial score (nSPS) is 11.9. The Labute approximate surface area is 117 Å². The van der Waals surface area contributed by atoms with Crippen molar-refractivity contribution in [1.82, 2.24) is 15.5 Å². The number of carbonyl (C=O) groups is 1. The number of aliphatic hydroxyl groups excluding tert-OH is 1. The maximum Gasteiger partial charge on any atom is 0.253 e. The molecule has 0 radical (unpaired) electrons. The van der Waals surface area contributed by atoms with Gasteiger partial charge in [0.15, 0.2) is 0 Å². The lowest BCUT2D eigenvalue weighted by molar-refractivity contribution is 0.0914. The summed E-state index contributed by atoms with van der Waals surface area (Å²) in [5, 5.41) is 20.1. The van der Waals surface area contributed by atoms with Gasteiger partial charge in [-0.2, -0.15) is 10.2 Å². The van der Waals surface area contributed by atoms with Gasteiger partial charge in [-0.15, -0.1) is 0 Å². The molecule has 0 bridgehead atoms. The Kier molecular flexibility index (Phi) is 4.42. The second-order valence-electron chi connectivity index (χ2n) is 4.60. The molecule has 1 atom stereocenters. The molecule has 1 heterocycles. The molecule has 0 spiro atoms. The zero-order valence-electron chi connectivity index (χ0n) is 11.5. The first-order valence-electron chi connectivity index (χ1n) is 6.39. The van der Waals surface area contributed by atoms with Crippen molar-refractivity contribution in [2.45, 2.75) is 19.9 Å². The quantitative estimate of drug-likeness (QED) is 0.885. The van der Waals surface area contributed by atoms with E-state index >= 15 is 0 Å². The van der Waals surface area contributed by atoms with E-state index in [2.05, 4.69) is 15.5 Å². The summed E-state index contributed by atoms with van der Waals surface area (Å²) in [4.78, 5) is 12.3. The van der Waals surface area contributed by atoms with Crippen LogP contribution in [0.25, 0.3) is 0 Å². The summed E-state index contributed by atoms with van der Waals surface area (Å²) in [6, 6.07) is 10.6. The second kappa shape index (κ2) is 6.25. The molecule has 0 saturated carbocycles. The van der Waals surface area contributed by atoms with Crippen molar-refractivity contribution in [2.24, 2.45) is 0 Å². The van der Waals surface area contributed by atoms with Gasteiger partial charge < -0.3 is 10.4 Å². The van der Waals surface area contributed by atoms with Crippen LogP contribution in [0.4, 0.5) is 0 Å². The molecule has 0 aliphatic carbocycles. The van der Waals surface area contributed by atoms with Crippen LogP contribution in [0, 0.1) is 13.8 Å². The molecule has 0 saturated heterocycles. The maximum absolute atomic E-state index is 12.3. The van der Waals surface area contributed by atoms with Crippen LogP contribution < -0.4 is 5.32 Å². The van der Waals surface area contributed by atoms with Crippen LogP contribution >= 0.6 is 0 Å². The predicted molar refractivity (Wildman–Crippen MR) is 75.2 cm³/mol. The lowest BCUT2D eigenvalue weighted by Crippen LogP contribution is -2.31. The Hall–Kier alpha value is -2.27. The average Bonchev–Trinajstić information content (AvgIpc) is 2.48. The summed E-state index contributed by atoms with van der Waals surface area (Å²) < 4.78 is 0. The first-order valence-corrected chi connectivity index (χ1v) is 6.39. The number of amides is 1. The number of nitrogens with zero attached hydrogens (tertiary/aromatic N) is 2. The Morgan fingerprint density at radius 3 is 2.60 bits per heavy atom. The summed E-state index contributed by atoms with van der Waals surface area (Å²) in [5.74, 6) is -0.261. The number of rotatable bonds is 4. The van der Waals surface area contributed by atoms with E-state index in [-0.39, 0.29) is 12.5 Å². The highest BCUT2D eigenvalue weighted by Gasteiger charge is 2.17. The molecule has 104 valence electrons. The minimum Gasteiger partial charge on any atom is -0.394 e. The number of carbonyl (C=O) groups excluding carboxylic acids is 1. The lowest BCUT2D eigenvalue weighted by atomic mass is 10.1. The minimum atomic E-state index is -0.434. The highest BCUT2D eigenvalue weighted by Crippen LogP contribution is 2.13. The van der Waals surface area contributed by atoms with Gasteiger partial charge in [0.2, 0.25) is 0 Å². The average molecular weight is 271 g/mol. The molecular formula is C15H17N3O2. The van der Waals surface area contributed by atoms with Crippen molar-refractivity contribution >= 4 is 5.91 Å². The molecule has 0 unspecified atom stereocenters. The van der Waals surface area contributed by atoms with Crippen LogP contribution in [0.1, 0.15) is 33.4 Å². The highest BCUT2D eigenvalue weighted by molar-refractivity contribution is 5.95. The SMILES string of the molecule is Cc1cc(C(=O)N[C@H](CO)c2ccccc2)c(C)nn1. The molecule has 5 heteroatoms. The predicted octanol–water partition coefficient (Wildman–Crippen LogP) is 1.56. The van der Waals surface area contributed by atoms with E-state index in [0.717, 1.165) is 5.56 Å². The van der Waals surface area contributed by atoms with Crippen LogP contribution in [0.5, 0.6) is 0 Å². The number of aromatic nitrogens is 2. The Balaban J connectivity index is 2.20. The molecule has 1 aromatic heterocycles. The van der Waals surface area contributed by atoms with E-state index in [4.69, 9.17) is 0 Å². The summed E-state index contributed by atoms with van der Waals surface area (Å²) in [7, 11) is 0. The van der Waals surface area contributed by atoms with Crippen molar-refractivity contribution in [3.8, 4) is 0 Å². The Morgan fingerprint density at radius 1 is 1.25 bits per heavy atom. The first kappa shape index (κ1) is 14.1. The smallest absolute Gasteiger partial charge is 0.253 e. The van der Waals surface area contributed by atoms with Crippen LogP contribution in [0.3, 0.4) is 0 Å². The van der Waals surface area contributed by atoms with Gasteiger partial charge in [0.25, 0.3) is 5.91 Å². The van der Waals surface area contributed by atoms with Crippen molar-refractivity contribution in [3.63, 3.8) is 0 Å². The fourth-order valence-electron chi connectivity index (χ4n) is 1.94. The van der Waals surface area contributed by atoms with E-state index < -0.39 is 6.04 Å². The van der Waals surface area contributed by atoms with Gasteiger partial charge >= 0.3 is 0 Å². The van der Waals surface area contributed by atoms with Gasteiger partial charge in [-0.25, -0.2) is 0 Å². The number of nitrogens with one attached hydrogen (secondary N) is 1. The molecule has 1 amide bonds. The van der Waals surface area contributed by atoms with Crippen molar-refractivity contribution in [2.75, 3.05) is 6.61 Å². The number of hydrogen-bond acceptors (Lipinski definition) is 4. The molecule has 2 rings (SSSR count). The fraction of sp³-hybridized carbons (Fsp3) is 0.267. The first-order chi connectivity index (χ1) is 9.61. The number of aliphatic hydroxyl groups is 1. The third-order valence-electron chi connectivity index (χ3n) is 3.04. The molecule has 0 aliphatic rings. The fourth-order valence-corrected chi connectivity index (χ4v) is 1.94. The van der Waals surface area contributed by atoms with E-state index in [9.17, 15) is 9.90 Å². The minimum absolute atomic E-state index is 0.160. The van der Waals surface area contributed by atoms with Gasteiger partial charge in [0.05, 0.1) is 29.6 Å². The standard InChI is InChI=1S/C15H17N3O2/c1-10-8-13(11(2)18-17-10)15(20)16-14(9-19)12-6-4-3-5-7-12/h3-8,14,19H,9H2,1-2H3,(H,16,20)/t14-/m1/s1. The largest absolute Gasteiger partial charge is 0.394 e. The molecule has 20 heavy (non-hydrogen) atoms. The van der Waals surface area contributed by atoms with E-state index in [0.29, 0.717) is 17.0 Å². The molecule has 5 nitrogen and oxygen atoms in total. The van der Waals surface area contributed by atoms with Crippen LogP contribution in [-0.4, -0.2) is 27.8 Å². The van der Waals surface area contributed by atoms with Gasteiger partial charge in [-0.1, -0.05) is 30.3 Å². The van der Waals surface area contributed by atoms with E-state index in [1.807, 2.05) is 30.3 Å². The Bertz CT molecular complexity index is 599. The van der Waals surface area contributed by atoms with Crippen molar-refractivity contribution in [1.29, 1.82) is 0 Å². The summed E-state index contributed by atoms with van der Waals surface area (Å²) in [6.07, 6.45) is 0. The molecule has 0 fully saturated rings. The van der Waals surface area contributed by atoms with Gasteiger partial charge in [0.1, 0.15) is 0 Å². The molecule has 0 aliphatic heterocycles. The molecule has 2 N–H and O–H groups in total. The van der Waals surface area contributed by atoms with Crippen LogP contribution in [0.15, 0.2) is 36.4 Å². The number of hydrogen-bond donors (Lipinski definition) is 2. The zero-order chi connectivity index (χ0) is 14.5. The topological polar surface area (TPSA) is 75.1 Å². The van der Waals surface area contributed by atoms with Gasteiger partial charge in [-0.05, 0) is 25.5 Å². The molecule has 2 aromatic rings. The van der Waals surface area contributed by atoms with Gasteiger partial charge in [0, 0.05) is 0 Å². The van der Waals surface area contributed by atoms with Gasteiger partial charge in [-0.3, -0.25) is 4.79 Å². The van der Waals surface area contributed by atoms with Crippen LogP contribution in [0.2, 0.25) is 0 Å². The van der Waals surface area contributed by atoms with Crippen molar-refractivity contribution < 1.29 is 9.90 Å².